The van der Waals surface area contributed by atoms with Crippen LogP contribution in [0.2, 0.25) is 0 Å². The molecule has 148 valence electrons. The number of fused-ring (bicyclic) bond motifs is 1. The summed E-state index contributed by atoms with van der Waals surface area (Å²) >= 11 is 0. The van der Waals surface area contributed by atoms with Gasteiger partial charge in [0, 0.05) is 30.5 Å². The van der Waals surface area contributed by atoms with Gasteiger partial charge in [0.15, 0.2) is 0 Å². The number of ether oxygens (including phenoxy) is 1. The molecule has 1 atom stereocenters. The van der Waals surface area contributed by atoms with Crippen LogP contribution in [0.1, 0.15) is 23.5 Å². The molecule has 0 aliphatic carbocycles. The minimum Gasteiger partial charge on any atom is -0.493 e. The monoisotopic (exact) mass is 384 g/mol. The molecule has 1 heterocycles. The van der Waals surface area contributed by atoms with Gasteiger partial charge in [-0.3, -0.25) is 0 Å². The molecule has 3 nitrogen and oxygen atoms in total. The summed E-state index contributed by atoms with van der Waals surface area (Å²) in [5.74, 6) is 1.50. The van der Waals surface area contributed by atoms with E-state index in [4.69, 9.17) is 10.5 Å². The highest BCUT2D eigenvalue weighted by atomic mass is 16.5. The Morgan fingerprint density at radius 2 is 1.48 bits per heavy atom. The number of aromatic nitrogens is 1. The van der Waals surface area contributed by atoms with Crippen molar-refractivity contribution in [2.45, 2.75) is 12.3 Å². The largest absolute Gasteiger partial charge is 0.493 e. The van der Waals surface area contributed by atoms with Gasteiger partial charge in [0.25, 0.3) is 0 Å². The van der Waals surface area contributed by atoms with E-state index in [9.17, 15) is 0 Å². The van der Waals surface area contributed by atoms with E-state index in [0.29, 0.717) is 19.1 Å². The molecule has 3 aromatic carbocycles. The van der Waals surface area contributed by atoms with Gasteiger partial charge in [-0.2, -0.15) is 0 Å². The van der Waals surface area contributed by atoms with Gasteiger partial charge in [0.05, 0.1) is 12.1 Å². The smallest absolute Gasteiger partial charge is 0.128 e. The van der Waals surface area contributed by atoms with Gasteiger partial charge < -0.3 is 15.0 Å². The van der Waals surface area contributed by atoms with Crippen LogP contribution in [0.25, 0.3) is 10.9 Å². The average Bonchev–Trinajstić information content (AvgIpc) is 3.17. The van der Waals surface area contributed by atoms with Crippen molar-refractivity contribution in [3.05, 3.63) is 102 Å². The van der Waals surface area contributed by atoms with E-state index in [2.05, 4.69) is 90.6 Å². The van der Waals surface area contributed by atoms with Gasteiger partial charge in [-0.1, -0.05) is 66.7 Å². The van der Waals surface area contributed by atoms with Crippen LogP contribution in [0.4, 0.5) is 0 Å². The maximum absolute atomic E-state index is 6.26. The molecule has 4 rings (SSSR count). The summed E-state index contributed by atoms with van der Waals surface area (Å²) in [7, 11) is 2.05. The third kappa shape index (κ3) is 4.36. The Morgan fingerprint density at radius 3 is 2.10 bits per heavy atom. The molecule has 0 radical (unpaired) electrons. The zero-order valence-electron chi connectivity index (χ0n) is 16.9. The maximum Gasteiger partial charge on any atom is 0.128 e. The first-order valence-corrected chi connectivity index (χ1v) is 10.2. The van der Waals surface area contributed by atoms with E-state index in [1.54, 1.807) is 0 Å². The van der Waals surface area contributed by atoms with Crippen LogP contribution in [0, 0.1) is 5.92 Å². The second kappa shape index (κ2) is 8.97. The van der Waals surface area contributed by atoms with Crippen molar-refractivity contribution >= 4 is 10.9 Å². The fourth-order valence-corrected chi connectivity index (χ4v) is 4.01. The lowest BCUT2D eigenvalue weighted by Crippen LogP contribution is -2.24. The number of nitrogens with zero attached hydrogens (tertiary/aromatic N) is 1. The molecule has 3 heteroatoms. The van der Waals surface area contributed by atoms with Gasteiger partial charge in [-0.15, -0.1) is 0 Å². The lowest BCUT2D eigenvalue weighted by molar-refractivity contribution is 0.242. The predicted octanol–water partition coefficient (Wildman–Crippen LogP) is 5.35. The van der Waals surface area contributed by atoms with Crippen LogP contribution in [-0.4, -0.2) is 17.7 Å². The van der Waals surface area contributed by atoms with Crippen LogP contribution in [0.5, 0.6) is 5.75 Å². The molecule has 2 N–H and O–H groups in total. The first-order chi connectivity index (χ1) is 14.3. The van der Waals surface area contributed by atoms with Crippen LogP contribution < -0.4 is 10.5 Å². The molecular weight excluding hydrogens is 356 g/mol. The highest BCUT2D eigenvalue weighted by molar-refractivity contribution is 5.86. The van der Waals surface area contributed by atoms with Gasteiger partial charge in [0.2, 0.25) is 0 Å². The SMILES string of the molecule is Cn1ccc2c(OCC(CN)CC(c3ccccc3)c3ccccc3)cccc21. The second-order valence-corrected chi connectivity index (χ2v) is 7.64. The molecule has 0 bridgehead atoms. The molecule has 0 saturated carbocycles. The van der Waals surface area contributed by atoms with Crippen LogP contribution in [-0.2, 0) is 7.05 Å². The molecule has 0 fully saturated rings. The summed E-state index contributed by atoms with van der Waals surface area (Å²) in [5.41, 5.74) is 10.00. The van der Waals surface area contributed by atoms with Gasteiger partial charge in [-0.05, 0) is 42.3 Å². The van der Waals surface area contributed by atoms with E-state index in [0.717, 1.165) is 17.6 Å². The molecule has 0 spiro atoms. The Hall–Kier alpha value is -3.04. The molecule has 1 unspecified atom stereocenters. The minimum atomic E-state index is 0.263. The Morgan fingerprint density at radius 1 is 0.828 bits per heavy atom. The molecule has 1 aromatic heterocycles. The summed E-state index contributed by atoms with van der Waals surface area (Å²) in [4.78, 5) is 0. The highest BCUT2D eigenvalue weighted by Crippen LogP contribution is 2.32. The molecule has 0 aliphatic heterocycles. The molecule has 0 aliphatic rings. The van der Waals surface area contributed by atoms with Crippen molar-refractivity contribution in [1.29, 1.82) is 0 Å². The Bertz CT molecular complexity index is 1000. The molecule has 0 amide bonds. The predicted molar refractivity (Wildman–Crippen MR) is 120 cm³/mol. The molecular formula is C26H28N2O. The summed E-state index contributed by atoms with van der Waals surface area (Å²) in [6.07, 6.45) is 3.02. The number of aryl methyl sites for hydroxylation is 1. The Balaban J connectivity index is 1.53. The van der Waals surface area contributed by atoms with E-state index in [1.807, 2.05) is 12.1 Å². The fourth-order valence-electron chi connectivity index (χ4n) is 4.01. The summed E-state index contributed by atoms with van der Waals surface area (Å²) in [6.45, 7) is 1.21. The van der Waals surface area contributed by atoms with Crippen molar-refractivity contribution in [3.8, 4) is 5.75 Å². The average molecular weight is 385 g/mol. The third-order valence-corrected chi connectivity index (χ3v) is 5.67. The van der Waals surface area contributed by atoms with Crippen LogP contribution >= 0.6 is 0 Å². The van der Waals surface area contributed by atoms with Crippen molar-refractivity contribution in [1.82, 2.24) is 4.57 Å². The summed E-state index contributed by atoms with van der Waals surface area (Å²) in [6, 6.07) is 29.7. The molecule has 29 heavy (non-hydrogen) atoms. The fraction of sp³-hybridized carbons (Fsp3) is 0.231. The number of rotatable bonds is 8. The summed E-state index contributed by atoms with van der Waals surface area (Å²) < 4.78 is 8.38. The number of nitrogens with two attached hydrogens (primary N) is 1. The zero-order valence-corrected chi connectivity index (χ0v) is 16.9. The molecule has 0 saturated heterocycles. The normalized spacial score (nSPS) is 12.4. The topological polar surface area (TPSA) is 40.2 Å². The molecule has 4 aromatic rings. The van der Waals surface area contributed by atoms with Crippen molar-refractivity contribution in [3.63, 3.8) is 0 Å². The van der Waals surface area contributed by atoms with Gasteiger partial charge in [-0.25, -0.2) is 0 Å². The van der Waals surface area contributed by atoms with Crippen LogP contribution in [0.15, 0.2) is 91.1 Å². The van der Waals surface area contributed by atoms with Crippen LogP contribution in [0.3, 0.4) is 0 Å². The van der Waals surface area contributed by atoms with Crippen molar-refractivity contribution < 1.29 is 4.74 Å². The Labute approximate surface area is 172 Å². The quantitative estimate of drug-likeness (QED) is 0.445. The maximum atomic E-state index is 6.26. The second-order valence-electron chi connectivity index (χ2n) is 7.64. The number of hydrogen-bond donors (Lipinski definition) is 1. The summed E-state index contributed by atoms with van der Waals surface area (Å²) in [5, 5.41) is 1.15. The van der Waals surface area contributed by atoms with E-state index in [1.165, 1.54) is 16.6 Å². The highest BCUT2D eigenvalue weighted by Gasteiger charge is 2.20. The zero-order chi connectivity index (χ0) is 20.1. The lowest BCUT2D eigenvalue weighted by atomic mass is 9.84. The minimum absolute atomic E-state index is 0.263. The standard InChI is InChI=1S/C26H28N2O/c1-28-16-15-23-25(28)13-8-14-26(23)29-19-20(18-27)17-24(21-9-4-2-5-10-21)22-11-6-3-7-12-22/h2-16,20,24H,17-19,27H2,1H3. The van der Waals surface area contributed by atoms with Crippen molar-refractivity contribution in [2.75, 3.05) is 13.2 Å². The number of hydrogen-bond acceptors (Lipinski definition) is 2. The third-order valence-electron chi connectivity index (χ3n) is 5.67. The lowest BCUT2D eigenvalue weighted by Gasteiger charge is -2.24. The Kier molecular flexibility index (Phi) is 5.97. The number of benzene rings is 3. The van der Waals surface area contributed by atoms with Gasteiger partial charge in [0.1, 0.15) is 5.75 Å². The van der Waals surface area contributed by atoms with E-state index >= 15 is 0 Å². The van der Waals surface area contributed by atoms with E-state index < -0.39 is 0 Å². The van der Waals surface area contributed by atoms with E-state index in [-0.39, 0.29) is 5.92 Å². The van der Waals surface area contributed by atoms with Gasteiger partial charge >= 0.3 is 0 Å². The first kappa shape index (κ1) is 19.3. The first-order valence-electron chi connectivity index (χ1n) is 10.2. The van der Waals surface area contributed by atoms with Crippen molar-refractivity contribution in [2.24, 2.45) is 18.7 Å².